The lowest BCUT2D eigenvalue weighted by Crippen LogP contribution is -2.35. The van der Waals surface area contributed by atoms with Crippen LogP contribution >= 0.6 is 11.8 Å². The molecule has 5 nitrogen and oxygen atoms in total. The number of fused-ring (bicyclic) bond motifs is 1. The fourth-order valence-corrected chi connectivity index (χ4v) is 5.62. The minimum absolute atomic E-state index is 0.111. The first kappa shape index (κ1) is 21.5. The first-order valence-electron chi connectivity index (χ1n) is 9.73. The van der Waals surface area contributed by atoms with E-state index in [0.717, 1.165) is 27.0 Å². The molecule has 0 saturated heterocycles. The van der Waals surface area contributed by atoms with E-state index in [1.807, 2.05) is 55.5 Å². The number of nitrogens with one attached hydrogen (secondary N) is 1. The second kappa shape index (κ2) is 8.82. The minimum atomic E-state index is -3.34. The van der Waals surface area contributed by atoms with E-state index in [1.54, 1.807) is 34.8 Å². The Kier molecular flexibility index (Phi) is 6.13. The third-order valence-electron chi connectivity index (χ3n) is 4.86. The van der Waals surface area contributed by atoms with Crippen LogP contribution in [-0.2, 0) is 10.0 Å². The van der Waals surface area contributed by atoms with E-state index in [0.29, 0.717) is 0 Å². The smallest absolute Gasteiger partial charge is 0.208 e. The Bertz CT molecular complexity index is 1290. The van der Waals surface area contributed by atoms with Gasteiger partial charge in [0, 0.05) is 16.3 Å². The third-order valence-corrected chi connectivity index (χ3v) is 7.12. The summed E-state index contributed by atoms with van der Waals surface area (Å²) in [5.74, 6) is -0.289. The number of hydrogen-bond acceptors (Lipinski definition) is 4. The van der Waals surface area contributed by atoms with E-state index < -0.39 is 10.0 Å². The van der Waals surface area contributed by atoms with Crippen LogP contribution in [0.2, 0.25) is 0 Å². The van der Waals surface area contributed by atoms with Crippen molar-refractivity contribution >= 4 is 32.7 Å². The third kappa shape index (κ3) is 5.15. The zero-order valence-electron chi connectivity index (χ0n) is 17.1. The van der Waals surface area contributed by atoms with Gasteiger partial charge in [-0.15, -0.1) is 11.8 Å². The zero-order valence-corrected chi connectivity index (χ0v) is 18.7. The predicted octanol–water partition coefficient (Wildman–Crippen LogP) is 4.94. The van der Waals surface area contributed by atoms with Crippen molar-refractivity contribution < 1.29 is 12.8 Å². The van der Waals surface area contributed by atoms with Gasteiger partial charge in [0.1, 0.15) is 5.82 Å². The zero-order chi connectivity index (χ0) is 22.0. The lowest BCUT2D eigenvalue weighted by molar-refractivity contribution is 0.563. The van der Waals surface area contributed by atoms with Crippen molar-refractivity contribution in [3.8, 4) is 5.69 Å². The topological polar surface area (TPSA) is 64.0 Å². The maximum atomic E-state index is 13.2. The molecule has 3 aromatic carbocycles. The molecule has 160 valence electrons. The first-order valence-corrected chi connectivity index (χ1v) is 12.5. The largest absolute Gasteiger partial charge is 0.233 e. The molecule has 0 radical (unpaired) electrons. The van der Waals surface area contributed by atoms with Gasteiger partial charge in [-0.05, 0) is 55.0 Å². The number of hydrogen-bond donors (Lipinski definition) is 1. The van der Waals surface area contributed by atoms with Gasteiger partial charge in [-0.1, -0.05) is 30.3 Å². The van der Waals surface area contributed by atoms with Crippen LogP contribution in [0.4, 0.5) is 4.39 Å². The van der Waals surface area contributed by atoms with E-state index in [4.69, 9.17) is 0 Å². The number of nitrogens with zero attached hydrogens (tertiary/aromatic N) is 2. The van der Waals surface area contributed by atoms with E-state index >= 15 is 0 Å². The Labute approximate surface area is 185 Å². The van der Waals surface area contributed by atoms with Crippen molar-refractivity contribution in [2.45, 2.75) is 23.1 Å². The second-order valence-electron chi connectivity index (χ2n) is 7.38. The molecule has 0 aliphatic heterocycles. The van der Waals surface area contributed by atoms with Gasteiger partial charge < -0.3 is 0 Å². The fraction of sp³-hybridized carbons (Fsp3) is 0.174. The Morgan fingerprint density at radius 3 is 2.42 bits per heavy atom. The maximum absolute atomic E-state index is 13.2. The molecule has 0 amide bonds. The van der Waals surface area contributed by atoms with Gasteiger partial charge in [-0.2, -0.15) is 5.10 Å². The Morgan fingerprint density at radius 1 is 1.03 bits per heavy atom. The van der Waals surface area contributed by atoms with E-state index in [9.17, 15) is 12.8 Å². The van der Waals surface area contributed by atoms with Gasteiger partial charge in [0.15, 0.2) is 0 Å². The van der Waals surface area contributed by atoms with Crippen LogP contribution in [0.15, 0.2) is 83.9 Å². The highest BCUT2D eigenvalue weighted by Crippen LogP contribution is 2.39. The highest BCUT2D eigenvalue weighted by molar-refractivity contribution is 7.99. The van der Waals surface area contributed by atoms with Crippen molar-refractivity contribution in [1.29, 1.82) is 0 Å². The fourth-order valence-electron chi connectivity index (χ4n) is 3.52. The van der Waals surface area contributed by atoms with Gasteiger partial charge >= 0.3 is 0 Å². The summed E-state index contributed by atoms with van der Waals surface area (Å²) in [5.41, 5.74) is 2.73. The Hall–Kier alpha value is -2.68. The van der Waals surface area contributed by atoms with Gasteiger partial charge in [0.05, 0.1) is 28.9 Å². The second-order valence-corrected chi connectivity index (χ2v) is 10.4. The summed E-state index contributed by atoms with van der Waals surface area (Å²) in [6.07, 6.45) is 2.95. The summed E-state index contributed by atoms with van der Waals surface area (Å²) < 4.78 is 41.3. The highest BCUT2D eigenvalue weighted by atomic mass is 32.2. The summed E-state index contributed by atoms with van der Waals surface area (Å²) in [4.78, 5) is 1.00. The van der Waals surface area contributed by atoms with Crippen LogP contribution in [0, 0.1) is 5.82 Å². The van der Waals surface area contributed by atoms with Crippen LogP contribution in [0.5, 0.6) is 0 Å². The lowest BCUT2D eigenvalue weighted by Gasteiger charge is -2.24. The molecule has 0 fully saturated rings. The molecule has 1 aromatic heterocycles. The van der Waals surface area contributed by atoms with Crippen molar-refractivity contribution in [2.24, 2.45) is 0 Å². The maximum Gasteiger partial charge on any atom is 0.208 e. The number of halogens is 1. The molecule has 0 bridgehead atoms. The standard InChI is InChI=1S/C23H22FN3O2S2/c1-16(26-31(2,28)29)23(17-6-4-3-5-7-17)30-21-12-13-22-18(14-21)15-25-27(22)20-10-8-19(24)9-11-20/h3-16,23,26H,1-2H3. The summed E-state index contributed by atoms with van der Waals surface area (Å²) >= 11 is 1.60. The van der Waals surface area contributed by atoms with Crippen LogP contribution in [-0.4, -0.2) is 30.5 Å². The average Bonchev–Trinajstić information content (AvgIpc) is 3.15. The number of rotatable bonds is 7. The average molecular weight is 456 g/mol. The van der Waals surface area contributed by atoms with Crippen molar-refractivity contribution in [3.63, 3.8) is 0 Å². The monoisotopic (exact) mass is 455 g/mol. The molecule has 31 heavy (non-hydrogen) atoms. The quantitative estimate of drug-likeness (QED) is 0.401. The molecule has 1 N–H and O–H groups in total. The van der Waals surface area contributed by atoms with E-state index in [1.165, 1.54) is 18.4 Å². The van der Waals surface area contributed by atoms with Crippen molar-refractivity contribution in [3.05, 3.63) is 90.4 Å². The summed E-state index contributed by atoms with van der Waals surface area (Å²) in [5, 5.41) is 5.29. The molecule has 0 spiro atoms. The molecule has 8 heteroatoms. The first-order chi connectivity index (χ1) is 14.8. The van der Waals surface area contributed by atoms with Gasteiger partial charge in [-0.25, -0.2) is 22.2 Å². The number of benzene rings is 3. The van der Waals surface area contributed by atoms with Gasteiger partial charge in [-0.3, -0.25) is 0 Å². The van der Waals surface area contributed by atoms with E-state index in [-0.39, 0.29) is 17.1 Å². The molecule has 2 atom stereocenters. The van der Waals surface area contributed by atoms with Crippen LogP contribution in [0.1, 0.15) is 17.7 Å². The molecular weight excluding hydrogens is 433 g/mol. The summed E-state index contributed by atoms with van der Waals surface area (Å²) in [7, 11) is -3.34. The van der Waals surface area contributed by atoms with Gasteiger partial charge in [0.25, 0.3) is 0 Å². The summed E-state index contributed by atoms with van der Waals surface area (Å²) in [6, 6.07) is 21.8. The van der Waals surface area contributed by atoms with Crippen molar-refractivity contribution in [2.75, 3.05) is 6.26 Å². The van der Waals surface area contributed by atoms with Crippen LogP contribution < -0.4 is 4.72 Å². The van der Waals surface area contributed by atoms with Crippen LogP contribution in [0.3, 0.4) is 0 Å². The highest BCUT2D eigenvalue weighted by Gasteiger charge is 2.23. The molecule has 4 rings (SSSR count). The number of thioether (sulfide) groups is 1. The van der Waals surface area contributed by atoms with E-state index in [2.05, 4.69) is 9.82 Å². The molecule has 2 unspecified atom stereocenters. The Balaban J connectivity index is 1.65. The van der Waals surface area contributed by atoms with Crippen molar-refractivity contribution in [1.82, 2.24) is 14.5 Å². The normalized spacial score (nSPS) is 13.9. The van der Waals surface area contributed by atoms with Gasteiger partial charge in [0.2, 0.25) is 10.0 Å². The molecule has 1 heterocycles. The molecule has 0 aliphatic rings. The predicted molar refractivity (Wildman–Crippen MR) is 124 cm³/mol. The van der Waals surface area contributed by atoms with Crippen LogP contribution in [0.25, 0.3) is 16.6 Å². The number of aromatic nitrogens is 2. The summed E-state index contributed by atoms with van der Waals surface area (Å²) in [6.45, 7) is 1.87. The SMILES string of the molecule is CC(NS(C)(=O)=O)C(Sc1ccc2c(cnn2-c2ccc(F)cc2)c1)c1ccccc1. The number of sulfonamides is 1. The molecule has 0 saturated carbocycles. The lowest BCUT2D eigenvalue weighted by atomic mass is 10.1. The molecule has 0 aliphatic carbocycles. The molecular formula is C23H22FN3O2S2. The molecule has 4 aromatic rings. The Morgan fingerprint density at radius 2 is 1.74 bits per heavy atom. The minimum Gasteiger partial charge on any atom is -0.233 e.